The third-order valence-electron chi connectivity index (χ3n) is 2.94. The van der Waals surface area contributed by atoms with Crippen molar-refractivity contribution in [2.75, 3.05) is 0 Å². The molecule has 0 amide bonds. The highest BCUT2D eigenvalue weighted by Gasteiger charge is 2.32. The average Bonchev–Trinajstić information content (AvgIpc) is 3.05. The first-order valence-electron chi connectivity index (χ1n) is 5.59. The van der Waals surface area contributed by atoms with Crippen LogP contribution in [0.2, 0.25) is 0 Å². The van der Waals surface area contributed by atoms with Gasteiger partial charge in [0.2, 0.25) is 0 Å². The Morgan fingerprint density at radius 3 is 2.94 bits per heavy atom. The first-order valence-corrected chi connectivity index (χ1v) is 6.38. The molecular weight excluding hydrogens is 282 g/mol. The largest absolute Gasteiger partial charge is 0.334 e. The van der Waals surface area contributed by atoms with Gasteiger partial charge >= 0.3 is 0 Å². The van der Waals surface area contributed by atoms with Crippen LogP contribution in [0.15, 0.2) is 33.3 Å². The first kappa shape index (κ1) is 10.9. The summed E-state index contributed by atoms with van der Waals surface area (Å²) in [5.74, 6) is 1.67. The van der Waals surface area contributed by atoms with E-state index < -0.39 is 0 Å². The summed E-state index contributed by atoms with van der Waals surface area (Å²) >= 11 is 3.41. The Bertz CT molecular complexity index is 536. The van der Waals surface area contributed by atoms with Crippen LogP contribution in [0.4, 0.5) is 0 Å². The van der Waals surface area contributed by atoms with E-state index in [1.807, 2.05) is 24.3 Å². The molecule has 1 aliphatic carbocycles. The predicted octanol–water partition coefficient (Wildman–Crippen LogP) is 2.91. The van der Waals surface area contributed by atoms with Gasteiger partial charge in [-0.1, -0.05) is 27.2 Å². The second kappa shape index (κ2) is 4.23. The molecular formula is C12H12BrN3O. The van der Waals surface area contributed by atoms with Crippen molar-refractivity contribution < 1.29 is 4.52 Å². The SMILES string of the molecule is NC(c1noc(-c2cccc(Br)c2)n1)C1CC1. The normalized spacial score (nSPS) is 17.1. The second-order valence-electron chi connectivity index (χ2n) is 4.33. The summed E-state index contributed by atoms with van der Waals surface area (Å²) in [4.78, 5) is 4.36. The lowest BCUT2D eigenvalue weighted by Crippen LogP contribution is -2.13. The average molecular weight is 294 g/mol. The van der Waals surface area contributed by atoms with E-state index >= 15 is 0 Å². The van der Waals surface area contributed by atoms with Gasteiger partial charge in [-0.3, -0.25) is 0 Å². The Balaban J connectivity index is 1.89. The summed E-state index contributed by atoms with van der Waals surface area (Å²) < 4.78 is 6.23. The molecule has 88 valence electrons. The minimum atomic E-state index is -0.0837. The lowest BCUT2D eigenvalue weighted by atomic mass is 10.2. The highest BCUT2D eigenvalue weighted by atomic mass is 79.9. The number of nitrogens with zero attached hydrogens (tertiary/aromatic N) is 2. The van der Waals surface area contributed by atoms with Crippen LogP contribution in [0.5, 0.6) is 0 Å². The molecule has 0 saturated heterocycles. The molecule has 3 rings (SSSR count). The maximum atomic E-state index is 6.03. The van der Waals surface area contributed by atoms with Crippen molar-refractivity contribution in [3.8, 4) is 11.5 Å². The third kappa shape index (κ3) is 2.25. The maximum absolute atomic E-state index is 6.03. The number of rotatable bonds is 3. The summed E-state index contributed by atoms with van der Waals surface area (Å²) in [6, 6.07) is 7.69. The quantitative estimate of drug-likeness (QED) is 0.945. The fraction of sp³-hybridized carbons (Fsp3) is 0.333. The van der Waals surface area contributed by atoms with Gasteiger partial charge in [-0.25, -0.2) is 0 Å². The zero-order chi connectivity index (χ0) is 11.8. The minimum Gasteiger partial charge on any atom is -0.334 e. The number of nitrogens with two attached hydrogens (primary N) is 1. The van der Waals surface area contributed by atoms with Crippen molar-refractivity contribution in [3.05, 3.63) is 34.6 Å². The molecule has 1 atom stereocenters. The van der Waals surface area contributed by atoms with Crippen LogP contribution in [0.1, 0.15) is 24.7 Å². The molecule has 2 aromatic rings. The Hall–Kier alpha value is -1.20. The molecule has 1 aliphatic rings. The van der Waals surface area contributed by atoms with Gasteiger partial charge in [-0.2, -0.15) is 4.98 Å². The van der Waals surface area contributed by atoms with Gasteiger partial charge in [0.05, 0.1) is 6.04 Å². The Morgan fingerprint density at radius 2 is 2.24 bits per heavy atom. The first-order chi connectivity index (χ1) is 8.24. The minimum absolute atomic E-state index is 0.0837. The van der Waals surface area contributed by atoms with Gasteiger partial charge in [0, 0.05) is 10.0 Å². The van der Waals surface area contributed by atoms with E-state index in [0.717, 1.165) is 10.0 Å². The number of halogens is 1. The van der Waals surface area contributed by atoms with Crippen LogP contribution in [0.3, 0.4) is 0 Å². The summed E-state index contributed by atoms with van der Waals surface area (Å²) in [7, 11) is 0. The molecule has 1 aromatic heterocycles. The highest BCUT2D eigenvalue weighted by Crippen LogP contribution is 2.38. The Kier molecular flexibility index (Phi) is 2.72. The second-order valence-corrected chi connectivity index (χ2v) is 5.25. The maximum Gasteiger partial charge on any atom is 0.258 e. The van der Waals surface area contributed by atoms with Gasteiger partial charge in [0.1, 0.15) is 0 Å². The number of aromatic nitrogens is 2. The van der Waals surface area contributed by atoms with Gasteiger partial charge in [0.15, 0.2) is 5.82 Å². The van der Waals surface area contributed by atoms with Crippen molar-refractivity contribution >= 4 is 15.9 Å². The van der Waals surface area contributed by atoms with Crippen molar-refractivity contribution in [2.45, 2.75) is 18.9 Å². The topological polar surface area (TPSA) is 64.9 Å². The van der Waals surface area contributed by atoms with Crippen molar-refractivity contribution in [1.82, 2.24) is 10.1 Å². The molecule has 0 aliphatic heterocycles. The molecule has 1 fully saturated rings. The van der Waals surface area contributed by atoms with E-state index in [0.29, 0.717) is 17.6 Å². The third-order valence-corrected chi connectivity index (χ3v) is 3.43. The van der Waals surface area contributed by atoms with Crippen LogP contribution in [-0.4, -0.2) is 10.1 Å². The Morgan fingerprint density at radius 1 is 1.41 bits per heavy atom. The van der Waals surface area contributed by atoms with E-state index in [2.05, 4.69) is 26.1 Å². The van der Waals surface area contributed by atoms with Crippen LogP contribution < -0.4 is 5.73 Å². The van der Waals surface area contributed by atoms with E-state index in [4.69, 9.17) is 10.3 Å². The highest BCUT2D eigenvalue weighted by molar-refractivity contribution is 9.10. The fourth-order valence-corrected chi connectivity index (χ4v) is 2.17. The zero-order valence-corrected chi connectivity index (χ0v) is 10.7. The molecule has 1 unspecified atom stereocenters. The molecule has 4 nitrogen and oxygen atoms in total. The molecule has 1 saturated carbocycles. The van der Waals surface area contributed by atoms with Gasteiger partial charge in [-0.05, 0) is 37.0 Å². The molecule has 0 spiro atoms. The van der Waals surface area contributed by atoms with Crippen LogP contribution in [-0.2, 0) is 0 Å². The van der Waals surface area contributed by atoms with Crippen LogP contribution >= 0.6 is 15.9 Å². The summed E-state index contributed by atoms with van der Waals surface area (Å²) in [6.07, 6.45) is 2.34. The van der Waals surface area contributed by atoms with Crippen molar-refractivity contribution in [3.63, 3.8) is 0 Å². The number of benzene rings is 1. The predicted molar refractivity (Wildman–Crippen MR) is 67.1 cm³/mol. The van der Waals surface area contributed by atoms with Crippen molar-refractivity contribution in [2.24, 2.45) is 11.7 Å². The molecule has 1 heterocycles. The van der Waals surface area contributed by atoms with Crippen molar-refractivity contribution in [1.29, 1.82) is 0 Å². The van der Waals surface area contributed by atoms with Gasteiger partial charge in [0.25, 0.3) is 5.89 Å². The summed E-state index contributed by atoms with van der Waals surface area (Å²) in [5.41, 5.74) is 6.93. The van der Waals surface area contributed by atoms with E-state index in [1.54, 1.807) is 0 Å². The van der Waals surface area contributed by atoms with Gasteiger partial charge < -0.3 is 10.3 Å². The van der Waals surface area contributed by atoms with E-state index in [-0.39, 0.29) is 6.04 Å². The zero-order valence-electron chi connectivity index (χ0n) is 9.14. The molecule has 0 bridgehead atoms. The number of hydrogen-bond donors (Lipinski definition) is 1. The van der Waals surface area contributed by atoms with E-state index in [9.17, 15) is 0 Å². The van der Waals surface area contributed by atoms with Crippen LogP contribution in [0, 0.1) is 5.92 Å². The lowest BCUT2D eigenvalue weighted by Gasteiger charge is -2.01. The van der Waals surface area contributed by atoms with Crippen LogP contribution in [0.25, 0.3) is 11.5 Å². The standard InChI is InChI=1S/C12H12BrN3O/c13-9-3-1-2-8(6-9)12-15-11(16-17-12)10(14)7-4-5-7/h1-3,6-7,10H,4-5,14H2. The molecule has 1 aromatic carbocycles. The molecule has 5 heteroatoms. The monoisotopic (exact) mass is 293 g/mol. The smallest absolute Gasteiger partial charge is 0.258 e. The lowest BCUT2D eigenvalue weighted by molar-refractivity contribution is 0.411. The fourth-order valence-electron chi connectivity index (χ4n) is 1.78. The Labute approximate surface area is 107 Å². The molecule has 2 N–H and O–H groups in total. The molecule has 17 heavy (non-hydrogen) atoms. The molecule has 0 radical (unpaired) electrons. The van der Waals surface area contributed by atoms with E-state index in [1.165, 1.54) is 12.8 Å². The summed E-state index contributed by atoms with van der Waals surface area (Å²) in [5, 5.41) is 3.96. The number of hydrogen-bond acceptors (Lipinski definition) is 4. The van der Waals surface area contributed by atoms with Gasteiger partial charge in [-0.15, -0.1) is 0 Å². The summed E-state index contributed by atoms with van der Waals surface area (Å²) in [6.45, 7) is 0.